The van der Waals surface area contributed by atoms with Crippen molar-refractivity contribution >= 4 is 38.5 Å². The lowest BCUT2D eigenvalue weighted by molar-refractivity contribution is 0.0934. The number of nitrogens with zero attached hydrogens (tertiary/aromatic N) is 4. The standard InChI is InChI=1S/C23H27N5O3S2/c29-22(19-6-7-20-21(16-19)32-23-25-33(30,31)15-14-28(20)23)24-8-9-26-10-12-27(13-11-26)17-18-4-2-1-3-5-18/h1-7,16H,8-15,17H2,(H,24,29). The Morgan fingerprint density at radius 3 is 2.55 bits per heavy atom. The molecule has 2 aromatic carbocycles. The first-order valence-electron chi connectivity index (χ1n) is 11.2. The number of thioether (sulfide) groups is 1. The molecule has 0 spiro atoms. The Kier molecular flexibility index (Phi) is 6.42. The smallest absolute Gasteiger partial charge is 0.257 e. The van der Waals surface area contributed by atoms with Crippen LogP contribution in [0.2, 0.25) is 0 Å². The summed E-state index contributed by atoms with van der Waals surface area (Å²) in [6.07, 6.45) is 0. The molecule has 174 valence electrons. The van der Waals surface area contributed by atoms with Crippen LogP contribution in [0.25, 0.3) is 0 Å². The Bertz CT molecular complexity index is 1160. The molecule has 1 amide bonds. The molecular formula is C23H27N5O3S2. The Labute approximate surface area is 198 Å². The maximum atomic E-state index is 12.7. The Morgan fingerprint density at radius 2 is 1.76 bits per heavy atom. The molecule has 2 aromatic rings. The van der Waals surface area contributed by atoms with E-state index in [1.165, 1.54) is 17.3 Å². The fourth-order valence-electron chi connectivity index (χ4n) is 4.31. The molecule has 3 heterocycles. The number of carbonyl (C=O) groups excluding carboxylic acids is 1. The van der Waals surface area contributed by atoms with Gasteiger partial charge in [0.15, 0.2) is 5.17 Å². The summed E-state index contributed by atoms with van der Waals surface area (Å²) in [4.78, 5) is 20.3. The average molecular weight is 486 g/mol. The maximum absolute atomic E-state index is 12.7. The molecule has 3 aliphatic heterocycles. The van der Waals surface area contributed by atoms with Crippen molar-refractivity contribution in [2.45, 2.75) is 11.4 Å². The van der Waals surface area contributed by atoms with Crippen molar-refractivity contribution in [2.75, 3.05) is 56.5 Å². The number of fused-ring (bicyclic) bond motifs is 3. The monoisotopic (exact) mass is 485 g/mol. The highest BCUT2D eigenvalue weighted by molar-refractivity contribution is 8.15. The number of hydrogen-bond donors (Lipinski definition) is 1. The van der Waals surface area contributed by atoms with Crippen molar-refractivity contribution in [3.05, 3.63) is 59.7 Å². The summed E-state index contributed by atoms with van der Waals surface area (Å²) in [6, 6.07) is 16.0. The van der Waals surface area contributed by atoms with Gasteiger partial charge in [-0.2, -0.15) is 0 Å². The van der Waals surface area contributed by atoms with Crippen molar-refractivity contribution in [1.29, 1.82) is 0 Å². The van der Waals surface area contributed by atoms with Crippen molar-refractivity contribution in [3.8, 4) is 0 Å². The van der Waals surface area contributed by atoms with Crippen LogP contribution >= 0.6 is 11.8 Å². The first-order chi connectivity index (χ1) is 16.0. The van der Waals surface area contributed by atoms with Crippen LogP contribution in [0.5, 0.6) is 0 Å². The van der Waals surface area contributed by atoms with E-state index >= 15 is 0 Å². The molecule has 0 unspecified atom stereocenters. The van der Waals surface area contributed by atoms with Gasteiger partial charge in [-0.05, 0) is 35.5 Å². The molecule has 33 heavy (non-hydrogen) atoms. The van der Waals surface area contributed by atoms with Crippen molar-refractivity contribution in [2.24, 2.45) is 4.40 Å². The molecule has 1 N–H and O–H groups in total. The van der Waals surface area contributed by atoms with Crippen LogP contribution < -0.4 is 10.2 Å². The van der Waals surface area contributed by atoms with Gasteiger partial charge in [-0.3, -0.25) is 14.6 Å². The van der Waals surface area contributed by atoms with Gasteiger partial charge in [0, 0.05) is 62.8 Å². The number of amides is 1. The molecule has 5 rings (SSSR count). The molecule has 0 aromatic heterocycles. The summed E-state index contributed by atoms with van der Waals surface area (Å²) in [5.41, 5.74) is 2.84. The Hall–Kier alpha value is -2.40. The fraction of sp³-hybridized carbons (Fsp3) is 0.391. The van der Waals surface area contributed by atoms with E-state index < -0.39 is 10.0 Å². The summed E-state index contributed by atoms with van der Waals surface area (Å²) < 4.78 is 27.4. The van der Waals surface area contributed by atoms with Gasteiger partial charge in [-0.25, -0.2) is 8.42 Å². The summed E-state index contributed by atoms with van der Waals surface area (Å²) in [7, 11) is -3.38. The predicted molar refractivity (Wildman–Crippen MR) is 131 cm³/mol. The van der Waals surface area contributed by atoms with E-state index in [0.717, 1.165) is 49.9 Å². The fourth-order valence-corrected chi connectivity index (χ4v) is 6.61. The normalized spacial score (nSPS) is 20.1. The van der Waals surface area contributed by atoms with Crippen LogP contribution in [0.4, 0.5) is 5.69 Å². The van der Waals surface area contributed by atoms with Crippen LogP contribution in [0, 0.1) is 0 Å². The van der Waals surface area contributed by atoms with Gasteiger partial charge < -0.3 is 10.2 Å². The second-order valence-corrected chi connectivity index (χ2v) is 11.2. The molecular weight excluding hydrogens is 458 g/mol. The first kappa shape index (κ1) is 22.4. The molecule has 0 saturated carbocycles. The lowest BCUT2D eigenvalue weighted by Gasteiger charge is -2.34. The van der Waals surface area contributed by atoms with E-state index in [-0.39, 0.29) is 11.7 Å². The molecule has 1 saturated heterocycles. The molecule has 0 radical (unpaired) electrons. The molecule has 8 nitrogen and oxygen atoms in total. The third-order valence-electron chi connectivity index (χ3n) is 6.16. The van der Waals surface area contributed by atoms with Gasteiger partial charge in [-0.1, -0.05) is 30.3 Å². The van der Waals surface area contributed by atoms with Gasteiger partial charge >= 0.3 is 0 Å². The van der Waals surface area contributed by atoms with Crippen LogP contribution in [0.1, 0.15) is 15.9 Å². The third-order valence-corrected chi connectivity index (χ3v) is 8.47. The molecule has 10 heteroatoms. The lowest BCUT2D eigenvalue weighted by atomic mass is 10.2. The number of amidine groups is 1. The van der Waals surface area contributed by atoms with Crippen LogP contribution in [0.3, 0.4) is 0 Å². The predicted octanol–water partition coefficient (Wildman–Crippen LogP) is 1.85. The van der Waals surface area contributed by atoms with Crippen molar-refractivity contribution < 1.29 is 13.2 Å². The second kappa shape index (κ2) is 9.46. The summed E-state index contributed by atoms with van der Waals surface area (Å²) in [6.45, 7) is 6.86. The number of anilines is 1. The number of benzene rings is 2. The van der Waals surface area contributed by atoms with E-state index in [1.807, 2.05) is 23.1 Å². The van der Waals surface area contributed by atoms with E-state index in [2.05, 4.69) is 43.8 Å². The SMILES string of the molecule is O=C(NCCN1CCN(Cc2ccccc2)CC1)c1ccc2c(c1)SC1=NS(=O)(=O)CCN12. The number of sulfonamides is 1. The van der Waals surface area contributed by atoms with Crippen molar-refractivity contribution in [3.63, 3.8) is 0 Å². The molecule has 3 aliphatic rings. The lowest BCUT2D eigenvalue weighted by Crippen LogP contribution is -2.48. The number of hydrogen-bond acceptors (Lipinski definition) is 7. The highest BCUT2D eigenvalue weighted by atomic mass is 32.2. The number of nitrogens with one attached hydrogen (secondary N) is 1. The summed E-state index contributed by atoms with van der Waals surface area (Å²) >= 11 is 1.31. The zero-order chi connectivity index (χ0) is 22.8. The average Bonchev–Trinajstić information content (AvgIpc) is 3.16. The number of carbonyl (C=O) groups is 1. The van der Waals surface area contributed by atoms with Gasteiger partial charge in [0.05, 0.1) is 11.4 Å². The minimum absolute atomic E-state index is 0.0131. The zero-order valence-electron chi connectivity index (χ0n) is 18.3. The minimum Gasteiger partial charge on any atom is -0.351 e. The molecule has 0 atom stereocenters. The summed E-state index contributed by atoms with van der Waals surface area (Å²) in [5.74, 6) is -0.0975. The number of piperazine rings is 1. The molecule has 0 aliphatic carbocycles. The van der Waals surface area contributed by atoms with E-state index in [4.69, 9.17) is 0 Å². The highest BCUT2D eigenvalue weighted by Crippen LogP contribution is 2.42. The van der Waals surface area contributed by atoms with Crippen LogP contribution in [0.15, 0.2) is 57.8 Å². The number of rotatable bonds is 6. The van der Waals surface area contributed by atoms with Gasteiger partial charge in [0.25, 0.3) is 15.9 Å². The third kappa shape index (κ3) is 5.24. The van der Waals surface area contributed by atoms with Gasteiger partial charge in [-0.15, -0.1) is 4.40 Å². The van der Waals surface area contributed by atoms with E-state index in [9.17, 15) is 13.2 Å². The first-order valence-corrected chi connectivity index (χ1v) is 13.6. The minimum atomic E-state index is -3.38. The Morgan fingerprint density at radius 1 is 1.00 bits per heavy atom. The maximum Gasteiger partial charge on any atom is 0.257 e. The van der Waals surface area contributed by atoms with E-state index in [1.54, 1.807) is 6.07 Å². The zero-order valence-corrected chi connectivity index (χ0v) is 19.9. The quantitative estimate of drug-likeness (QED) is 0.668. The van der Waals surface area contributed by atoms with Crippen LogP contribution in [-0.2, 0) is 16.6 Å². The highest BCUT2D eigenvalue weighted by Gasteiger charge is 2.33. The molecule has 0 bridgehead atoms. The summed E-state index contributed by atoms with van der Waals surface area (Å²) in [5, 5.41) is 3.49. The van der Waals surface area contributed by atoms with Gasteiger partial charge in [0.2, 0.25) is 0 Å². The Balaban J connectivity index is 1.09. The largest absolute Gasteiger partial charge is 0.351 e. The van der Waals surface area contributed by atoms with Crippen LogP contribution in [-0.4, -0.2) is 80.9 Å². The van der Waals surface area contributed by atoms with Gasteiger partial charge in [0.1, 0.15) is 0 Å². The molecule has 1 fully saturated rings. The van der Waals surface area contributed by atoms with Crippen molar-refractivity contribution in [1.82, 2.24) is 15.1 Å². The second-order valence-electron chi connectivity index (χ2n) is 8.46. The topological polar surface area (TPSA) is 85.3 Å². The van der Waals surface area contributed by atoms with E-state index in [0.29, 0.717) is 23.8 Å².